The molecule has 0 aliphatic carbocycles. The zero-order chi connectivity index (χ0) is 19.5. The second kappa shape index (κ2) is 7.71. The first-order valence-corrected chi connectivity index (χ1v) is 9.28. The molecule has 3 aromatic carbocycles. The number of amides is 1. The summed E-state index contributed by atoms with van der Waals surface area (Å²) in [7, 11) is 0. The van der Waals surface area contributed by atoms with Crippen LogP contribution in [0.2, 0.25) is 5.15 Å². The van der Waals surface area contributed by atoms with Gasteiger partial charge >= 0.3 is 0 Å². The Morgan fingerprint density at radius 1 is 0.857 bits per heavy atom. The molecule has 0 radical (unpaired) electrons. The van der Waals surface area contributed by atoms with E-state index in [1.807, 2.05) is 72.8 Å². The van der Waals surface area contributed by atoms with E-state index in [0.29, 0.717) is 22.1 Å². The highest BCUT2D eigenvalue weighted by molar-refractivity contribution is 6.34. The molecule has 1 aromatic heterocycles. The smallest absolute Gasteiger partial charge is 0.260 e. The molecule has 0 aliphatic heterocycles. The summed E-state index contributed by atoms with van der Waals surface area (Å²) in [5.74, 6) is -0.280. The van der Waals surface area contributed by atoms with Crippen LogP contribution >= 0.6 is 11.6 Å². The van der Waals surface area contributed by atoms with Crippen molar-refractivity contribution in [1.82, 2.24) is 9.78 Å². The van der Waals surface area contributed by atoms with Crippen LogP contribution in [0.3, 0.4) is 0 Å². The number of hydrogen-bond donors (Lipinski definition) is 1. The molecule has 0 aliphatic rings. The molecule has 0 spiro atoms. The number of aryl methyl sites for hydroxylation is 1. The molecule has 0 fully saturated rings. The van der Waals surface area contributed by atoms with E-state index in [4.69, 9.17) is 11.6 Å². The van der Waals surface area contributed by atoms with Crippen LogP contribution in [0.4, 0.5) is 5.69 Å². The zero-order valence-electron chi connectivity index (χ0n) is 15.3. The van der Waals surface area contributed by atoms with E-state index in [0.717, 1.165) is 16.8 Å². The molecule has 1 N–H and O–H groups in total. The lowest BCUT2D eigenvalue weighted by atomic mass is 10.1. The Morgan fingerprint density at radius 3 is 2.07 bits per heavy atom. The minimum atomic E-state index is -0.280. The highest BCUT2D eigenvalue weighted by Crippen LogP contribution is 2.25. The third kappa shape index (κ3) is 3.55. The van der Waals surface area contributed by atoms with Gasteiger partial charge in [0.2, 0.25) is 0 Å². The fraction of sp³-hybridized carbons (Fsp3) is 0.0435. The second-order valence-electron chi connectivity index (χ2n) is 6.40. The maximum atomic E-state index is 12.8. The van der Waals surface area contributed by atoms with Gasteiger partial charge in [0, 0.05) is 5.69 Å². The molecular weight excluding hydrogens is 370 g/mol. The maximum absolute atomic E-state index is 12.8. The molecule has 4 aromatic rings. The molecule has 0 atom stereocenters. The Bertz CT molecular complexity index is 1100. The van der Waals surface area contributed by atoms with Gasteiger partial charge in [0.25, 0.3) is 5.91 Å². The fourth-order valence-corrected chi connectivity index (χ4v) is 3.43. The molecule has 138 valence electrons. The van der Waals surface area contributed by atoms with Gasteiger partial charge in [-0.1, -0.05) is 72.3 Å². The molecule has 1 amide bonds. The number of halogens is 1. The highest BCUT2D eigenvalue weighted by Gasteiger charge is 2.21. The van der Waals surface area contributed by atoms with Crippen molar-refractivity contribution < 1.29 is 4.79 Å². The van der Waals surface area contributed by atoms with E-state index in [9.17, 15) is 4.79 Å². The van der Waals surface area contributed by atoms with Crippen LogP contribution in [0.15, 0.2) is 84.9 Å². The van der Waals surface area contributed by atoms with Gasteiger partial charge in [-0.3, -0.25) is 4.79 Å². The third-order valence-corrected chi connectivity index (χ3v) is 4.83. The minimum absolute atomic E-state index is 0.280. The van der Waals surface area contributed by atoms with E-state index in [1.54, 1.807) is 11.6 Å². The fourth-order valence-electron chi connectivity index (χ4n) is 3.07. The largest absolute Gasteiger partial charge is 0.322 e. The first-order chi connectivity index (χ1) is 13.6. The van der Waals surface area contributed by atoms with Crippen molar-refractivity contribution in [3.05, 3.63) is 101 Å². The molecule has 4 nitrogen and oxygen atoms in total. The Morgan fingerprint density at radius 2 is 1.43 bits per heavy atom. The van der Waals surface area contributed by atoms with Gasteiger partial charge in [-0.15, -0.1) is 0 Å². The van der Waals surface area contributed by atoms with Crippen molar-refractivity contribution in [2.75, 3.05) is 5.32 Å². The number of rotatable bonds is 4. The second-order valence-corrected chi connectivity index (χ2v) is 6.75. The van der Waals surface area contributed by atoms with Crippen LogP contribution in [-0.4, -0.2) is 15.7 Å². The molecular formula is C23H18ClN3O. The van der Waals surface area contributed by atoms with Crippen LogP contribution in [0.5, 0.6) is 0 Å². The molecule has 0 bridgehead atoms. The average Bonchev–Trinajstić information content (AvgIpc) is 3.04. The first-order valence-electron chi connectivity index (χ1n) is 8.91. The summed E-state index contributed by atoms with van der Waals surface area (Å²) in [4.78, 5) is 12.8. The molecule has 28 heavy (non-hydrogen) atoms. The third-order valence-electron chi connectivity index (χ3n) is 4.48. The summed E-state index contributed by atoms with van der Waals surface area (Å²) in [5, 5.41) is 7.62. The van der Waals surface area contributed by atoms with Gasteiger partial charge in [0.15, 0.2) is 0 Å². The molecule has 0 saturated heterocycles. The number of hydrogen-bond acceptors (Lipinski definition) is 2. The van der Waals surface area contributed by atoms with E-state index in [2.05, 4.69) is 22.5 Å². The standard InChI is InChI=1S/C23H18ClN3O/c1-16-21(22(24)27(26-16)20-10-6-3-7-11-20)23(28)25-19-14-12-18(13-15-19)17-8-4-2-5-9-17/h2-15H,1H3,(H,25,28). The average molecular weight is 388 g/mol. The lowest BCUT2D eigenvalue weighted by molar-refractivity contribution is 0.102. The van der Waals surface area contributed by atoms with Crippen LogP contribution in [0, 0.1) is 6.92 Å². The number of para-hydroxylation sites is 1. The van der Waals surface area contributed by atoms with E-state index >= 15 is 0 Å². The summed E-state index contributed by atoms with van der Waals surface area (Å²) in [5.41, 5.74) is 4.67. The summed E-state index contributed by atoms with van der Waals surface area (Å²) in [6.07, 6.45) is 0. The summed E-state index contributed by atoms with van der Waals surface area (Å²) in [6, 6.07) is 27.3. The SMILES string of the molecule is Cc1nn(-c2ccccc2)c(Cl)c1C(=O)Nc1ccc(-c2ccccc2)cc1. The summed E-state index contributed by atoms with van der Waals surface area (Å²) >= 11 is 6.47. The van der Waals surface area contributed by atoms with Crippen molar-refractivity contribution in [3.63, 3.8) is 0 Å². The number of nitrogens with zero attached hydrogens (tertiary/aromatic N) is 2. The van der Waals surface area contributed by atoms with Gasteiger partial charge in [-0.2, -0.15) is 5.10 Å². The Hall–Kier alpha value is -3.37. The highest BCUT2D eigenvalue weighted by atomic mass is 35.5. The molecule has 0 unspecified atom stereocenters. The number of nitrogens with one attached hydrogen (secondary N) is 1. The molecule has 5 heteroatoms. The first kappa shape index (κ1) is 18.0. The topological polar surface area (TPSA) is 46.9 Å². The van der Waals surface area contributed by atoms with Crippen LogP contribution in [0.25, 0.3) is 16.8 Å². The van der Waals surface area contributed by atoms with E-state index in [1.165, 1.54) is 0 Å². The maximum Gasteiger partial charge on any atom is 0.260 e. The number of carbonyl (C=O) groups is 1. The van der Waals surface area contributed by atoms with E-state index in [-0.39, 0.29) is 5.91 Å². The predicted molar refractivity (Wildman–Crippen MR) is 113 cm³/mol. The van der Waals surface area contributed by atoms with Gasteiger partial charge < -0.3 is 5.32 Å². The van der Waals surface area contributed by atoms with Gasteiger partial charge in [-0.25, -0.2) is 4.68 Å². The Kier molecular flexibility index (Phi) is 4.96. The van der Waals surface area contributed by atoms with Crippen LogP contribution in [-0.2, 0) is 0 Å². The van der Waals surface area contributed by atoms with Crippen molar-refractivity contribution in [1.29, 1.82) is 0 Å². The van der Waals surface area contributed by atoms with Gasteiger partial charge in [0.1, 0.15) is 10.7 Å². The number of anilines is 1. The van der Waals surface area contributed by atoms with Gasteiger partial charge in [-0.05, 0) is 42.3 Å². The molecule has 1 heterocycles. The predicted octanol–water partition coefficient (Wildman–Crippen LogP) is 5.75. The number of carbonyl (C=O) groups excluding carboxylic acids is 1. The van der Waals surface area contributed by atoms with Crippen LogP contribution in [0.1, 0.15) is 16.1 Å². The Balaban J connectivity index is 1.57. The summed E-state index contributed by atoms with van der Waals surface area (Å²) < 4.78 is 1.57. The van der Waals surface area contributed by atoms with Crippen molar-refractivity contribution >= 4 is 23.2 Å². The van der Waals surface area contributed by atoms with Crippen molar-refractivity contribution in [3.8, 4) is 16.8 Å². The lowest BCUT2D eigenvalue weighted by Gasteiger charge is -2.07. The molecule has 4 rings (SSSR count). The summed E-state index contributed by atoms with van der Waals surface area (Å²) in [6.45, 7) is 1.78. The number of aromatic nitrogens is 2. The van der Waals surface area contributed by atoms with Crippen molar-refractivity contribution in [2.45, 2.75) is 6.92 Å². The van der Waals surface area contributed by atoms with Crippen LogP contribution < -0.4 is 5.32 Å². The zero-order valence-corrected chi connectivity index (χ0v) is 16.0. The normalized spacial score (nSPS) is 10.6. The lowest BCUT2D eigenvalue weighted by Crippen LogP contribution is -2.13. The van der Waals surface area contributed by atoms with Crippen molar-refractivity contribution in [2.24, 2.45) is 0 Å². The minimum Gasteiger partial charge on any atom is -0.322 e. The quantitative estimate of drug-likeness (QED) is 0.484. The molecule has 0 saturated carbocycles. The monoisotopic (exact) mass is 387 g/mol. The Labute approximate surface area is 168 Å². The van der Waals surface area contributed by atoms with E-state index < -0.39 is 0 Å². The van der Waals surface area contributed by atoms with Gasteiger partial charge in [0.05, 0.1) is 11.4 Å². The number of benzene rings is 3.